The summed E-state index contributed by atoms with van der Waals surface area (Å²) >= 11 is 0. The number of carboxylic acids is 2. The molecule has 8 rings (SSSR count). The second kappa shape index (κ2) is 41.4. The maximum absolute atomic E-state index is 14.6. The Hall–Kier alpha value is -13.4. The molecule has 0 bridgehead atoms. The van der Waals surface area contributed by atoms with Crippen molar-refractivity contribution in [3.05, 3.63) is 259 Å². The second-order valence-electron chi connectivity index (χ2n) is 26.3. The van der Waals surface area contributed by atoms with Crippen molar-refractivity contribution in [2.24, 2.45) is 0 Å². The van der Waals surface area contributed by atoms with E-state index in [2.05, 4.69) is 4.74 Å². The minimum atomic E-state index is -3.93. The molecule has 0 aliphatic rings. The lowest BCUT2D eigenvalue weighted by molar-refractivity contribution is -0.206. The van der Waals surface area contributed by atoms with E-state index in [4.69, 9.17) is 66.7 Å². The van der Waals surface area contributed by atoms with Gasteiger partial charge in [-0.2, -0.15) is 0 Å². The fourth-order valence-electron chi connectivity index (χ4n) is 11.0. The van der Waals surface area contributed by atoms with E-state index in [0.29, 0.717) is 46.6 Å². The van der Waals surface area contributed by atoms with Gasteiger partial charge in [0, 0.05) is 0 Å². The van der Waals surface area contributed by atoms with Crippen LogP contribution < -0.4 is 18.9 Å². The van der Waals surface area contributed by atoms with Crippen LogP contribution in [0.15, 0.2) is 170 Å². The average Bonchev–Trinajstić information content (AvgIpc) is 0.784. The first-order valence-electron chi connectivity index (χ1n) is 35.4. The summed E-state index contributed by atoms with van der Waals surface area (Å²) in [6.07, 6.45) is -5.91. The number of carboxylic acid groups (broad SMARTS) is 2. The lowest BCUT2D eigenvalue weighted by atomic mass is 10.0. The van der Waals surface area contributed by atoms with E-state index in [9.17, 15) is 62.6 Å². The average molecular weight is 1550 g/mol. The molecule has 0 fully saturated rings. The van der Waals surface area contributed by atoms with Crippen LogP contribution in [0.1, 0.15) is 115 Å². The zero-order valence-corrected chi connectivity index (χ0v) is 63.1. The second-order valence-corrected chi connectivity index (χ2v) is 26.3. The van der Waals surface area contributed by atoms with Crippen molar-refractivity contribution in [3.8, 4) is 23.0 Å². The summed E-state index contributed by atoms with van der Waals surface area (Å²) in [6, 6.07) is 46.7. The Morgan fingerprint density at radius 2 is 0.619 bits per heavy atom. The van der Waals surface area contributed by atoms with Gasteiger partial charge in [0.25, 0.3) is 12.9 Å². The number of rotatable bonds is 42. The third kappa shape index (κ3) is 25.9. The molecule has 0 radical (unpaired) electrons. The highest BCUT2D eigenvalue weighted by atomic mass is 16.7. The van der Waals surface area contributed by atoms with Crippen LogP contribution >= 0.6 is 0 Å². The molecule has 0 aliphatic heterocycles. The summed E-state index contributed by atoms with van der Waals surface area (Å²) in [5, 5.41) is 20.0. The topological polar surface area (TPSA) is 375 Å². The van der Waals surface area contributed by atoms with Crippen molar-refractivity contribution in [2.45, 2.75) is 105 Å². The van der Waals surface area contributed by atoms with E-state index in [1.54, 1.807) is 175 Å². The zero-order chi connectivity index (χ0) is 81.7. The molecule has 0 amide bonds. The van der Waals surface area contributed by atoms with Gasteiger partial charge in [-0.25, -0.2) is 38.4 Å². The molecule has 0 saturated heterocycles. The van der Waals surface area contributed by atoms with E-state index < -0.39 is 142 Å². The predicted octanol–water partition coefficient (Wildman–Crippen LogP) is 10.3. The molecular formula is C85H84O28. The zero-order valence-electron chi connectivity index (χ0n) is 63.1. The Morgan fingerprint density at radius 3 is 0.867 bits per heavy atom. The largest absolute Gasteiger partial charge is 0.489 e. The molecule has 0 aliphatic carbocycles. The van der Waals surface area contributed by atoms with Crippen molar-refractivity contribution >= 4 is 72.6 Å². The van der Waals surface area contributed by atoms with Crippen LogP contribution in [-0.4, -0.2) is 172 Å². The van der Waals surface area contributed by atoms with Crippen molar-refractivity contribution in [1.29, 1.82) is 0 Å². The first-order chi connectivity index (χ1) is 54.1. The van der Waals surface area contributed by atoms with Crippen LogP contribution in [-0.2, 0) is 98.6 Å². The van der Waals surface area contributed by atoms with E-state index in [1.807, 2.05) is 26.0 Å². The Morgan fingerprint density at radius 1 is 0.345 bits per heavy atom. The molecule has 0 aromatic heterocycles. The number of carbonyl (C=O) groups excluding carboxylic acids is 10. The lowest BCUT2D eigenvalue weighted by Gasteiger charge is -2.28. The number of hydrogen-bond acceptors (Lipinski definition) is 26. The van der Waals surface area contributed by atoms with E-state index in [1.165, 1.54) is 24.3 Å². The lowest BCUT2D eigenvalue weighted by Crippen LogP contribution is -2.59. The highest BCUT2D eigenvalue weighted by Crippen LogP contribution is 2.29. The highest BCUT2D eigenvalue weighted by Gasteiger charge is 2.61. The van der Waals surface area contributed by atoms with Crippen LogP contribution in [0.5, 0.6) is 23.0 Å². The molecule has 28 heteroatoms. The van der Waals surface area contributed by atoms with Gasteiger partial charge in [-0.05, 0) is 186 Å². The van der Waals surface area contributed by atoms with Gasteiger partial charge < -0.3 is 76.5 Å². The molecule has 0 spiro atoms. The molecular weight excluding hydrogens is 1470 g/mol. The number of ether oxygens (including phenoxy) is 14. The van der Waals surface area contributed by atoms with Crippen LogP contribution in [0.2, 0.25) is 0 Å². The standard InChI is InChI=1S/C85H84O28/c1-51-9-21-63(22-10-51)78(92)105-44-67(110-76(90)39-75(88)89)40-101-71-29-17-59(33-55(71)5)37-61-19-31-73(57(7)35-61)103-42-69(46-107-80(94)65-25-13-53(3)14-26-65)112-83(98)85(82(96)97,109-50-87)84(99)113-70(47-108-81(95)66-27-15-54(4)16-28-66)43-104-74-32-20-62(36-58(74)8)38-60-18-30-72(56(6)34-60)102-41-68(111-77(91)48-100-49-86)45-106-79(93)64-23-11-52(2)12-24-64/h9-36,49-50,67-70H,37-48H2,1-8H3,(H,88,89)(H,96,97). The first kappa shape index (κ1) is 85.2. The maximum Gasteiger partial charge on any atom is 0.400 e. The number of benzene rings is 8. The van der Waals surface area contributed by atoms with Crippen LogP contribution in [0.4, 0.5) is 0 Å². The minimum absolute atomic E-state index is 0.0840. The van der Waals surface area contributed by atoms with Crippen LogP contribution in [0.25, 0.3) is 0 Å². The van der Waals surface area contributed by atoms with Gasteiger partial charge in [0.2, 0.25) is 0 Å². The number of aryl methyl sites for hydroxylation is 8. The first-order valence-corrected chi connectivity index (χ1v) is 35.4. The fraction of sp³-hybridized carbons (Fsp3) is 0.294. The Labute approximate surface area is 649 Å². The van der Waals surface area contributed by atoms with Gasteiger partial charge in [0.05, 0.1) is 22.3 Å². The van der Waals surface area contributed by atoms with Crippen LogP contribution in [0, 0.1) is 55.4 Å². The number of aliphatic carboxylic acids is 2. The van der Waals surface area contributed by atoms with E-state index in [0.717, 1.165) is 44.5 Å². The molecule has 8 aromatic carbocycles. The van der Waals surface area contributed by atoms with Crippen molar-refractivity contribution < 1.29 is 134 Å². The Balaban J connectivity index is 0.943. The Kier molecular flexibility index (Phi) is 31.2. The summed E-state index contributed by atoms with van der Waals surface area (Å²) in [5.74, 6) is -11.7. The van der Waals surface area contributed by atoms with E-state index in [-0.39, 0.29) is 60.0 Å². The molecule has 28 nitrogen and oxygen atoms in total. The number of carbonyl (C=O) groups is 12. The third-order valence-electron chi connectivity index (χ3n) is 17.0. The smallest absolute Gasteiger partial charge is 0.400 e. The molecule has 0 saturated carbocycles. The van der Waals surface area contributed by atoms with Gasteiger partial charge in [0.15, 0.2) is 31.0 Å². The van der Waals surface area contributed by atoms with Crippen molar-refractivity contribution in [1.82, 2.24) is 0 Å². The summed E-state index contributed by atoms with van der Waals surface area (Å²) < 4.78 is 77.6. The molecule has 592 valence electrons. The van der Waals surface area contributed by atoms with E-state index >= 15 is 0 Å². The third-order valence-corrected chi connectivity index (χ3v) is 17.0. The summed E-state index contributed by atoms with van der Waals surface area (Å²) in [5.41, 5.74) is 5.94. The number of hydrogen-bond donors (Lipinski definition) is 2. The normalized spacial score (nSPS) is 12.4. The minimum Gasteiger partial charge on any atom is -0.489 e. The Bertz CT molecular complexity index is 4700. The predicted molar refractivity (Wildman–Crippen MR) is 399 cm³/mol. The van der Waals surface area contributed by atoms with Crippen molar-refractivity contribution in [2.75, 3.05) is 59.5 Å². The highest BCUT2D eigenvalue weighted by molar-refractivity contribution is 6.22. The summed E-state index contributed by atoms with van der Waals surface area (Å²) in [4.78, 5) is 154. The van der Waals surface area contributed by atoms with Gasteiger partial charge in [0.1, 0.15) is 82.3 Å². The van der Waals surface area contributed by atoms with Gasteiger partial charge in [-0.3, -0.25) is 19.2 Å². The quantitative estimate of drug-likeness (QED) is 0.0155. The molecule has 5 atom stereocenters. The SMILES string of the molecule is Cc1ccc(C(=O)OCC(COc2ccc(Cc3ccc(OCC(COC(=O)c4ccc(C)cc4)OC(=O)C(OC=O)(C(=O)O)C(=O)OC(COC(=O)c4ccc(C)cc4)COc4ccc(Cc5ccc(OCC(COC(=O)c6ccc(C)cc6)OC(=O)CC(=O)O)c(C)c5)cc4C)c(C)c3)cc2C)OC(=O)COC=O)cc1. The van der Waals surface area contributed by atoms with Gasteiger partial charge in [-0.1, -0.05) is 119 Å². The summed E-state index contributed by atoms with van der Waals surface area (Å²) in [7, 11) is 0. The van der Waals surface area contributed by atoms with Crippen LogP contribution in [0.3, 0.4) is 0 Å². The molecule has 8 aromatic rings. The van der Waals surface area contributed by atoms with Gasteiger partial charge in [-0.15, -0.1) is 0 Å². The van der Waals surface area contributed by atoms with Crippen molar-refractivity contribution in [3.63, 3.8) is 0 Å². The maximum atomic E-state index is 14.6. The molecule has 2 N–H and O–H groups in total. The number of esters is 8. The van der Waals surface area contributed by atoms with Gasteiger partial charge >= 0.3 is 65.3 Å². The summed E-state index contributed by atoms with van der Waals surface area (Å²) in [6.45, 7) is 8.90. The molecule has 0 heterocycles. The molecule has 5 unspecified atom stereocenters. The molecule has 113 heavy (non-hydrogen) atoms. The monoisotopic (exact) mass is 1550 g/mol. The fourth-order valence-corrected chi connectivity index (χ4v) is 11.0.